The summed E-state index contributed by atoms with van der Waals surface area (Å²) < 4.78 is 5.29. The SMILES string of the molecule is CCOc1cccc(/C=C/B(O)O)c1. The molecule has 0 spiro atoms. The molecule has 3 nitrogen and oxygen atoms in total. The lowest BCUT2D eigenvalue weighted by Gasteiger charge is -2.02. The van der Waals surface area contributed by atoms with Crippen LogP contribution in [0.25, 0.3) is 6.08 Å². The van der Waals surface area contributed by atoms with Gasteiger partial charge in [0.2, 0.25) is 0 Å². The van der Waals surface area contributed by atoms with Crippen LogP contribution in [0.3, 0.4) is 0 Å². The van der Waals surface area contributed by atoms with Crippen LogP contribution in [0.1, 0.15) is 12.5 Å². The zero-order valence-corrected chi connectivity index (χ0v) is 8.05. The maximum Gasteiger partial charge on any atom is 0.480 e. The molecule has 0 radical (unpaired) electrons. The Labute approximate surface area is 83.8 Å². The van der Waals surface area contributed by atoms with E-state index in [1.165, 1.54) is 5.98 Å². The molecule has 74 valence electrons. The highest BCUT2D eigenvalue weighted by atomic mass is 16.5. The molecular weight excluding hydrogens is 179 g/mol. The topological polar surface area (TPSA) is 49.7 Å². The lowest BCUT2D eigenvalue weighted by atomic mass is 9.91. The Hall–Kier alpha value is -1.26. The van der Waals surface area contributed by atoms with E-state index in [0.29, 0.717) is 6.61 Å². The van der Waals surface area contributed by atoms with Gasteiger partial charge in [-0.05, 0) is 24.6 Å². The molecule has 0 saturated heterocycles. The lowest BCUT2D eigenvalue weighted by molar-refractivity contribution is 0.340. The van der Waals surface area contributed by atoms with Gasteiger partial charge in [0.15, 0.2) is 0 Å². The standard InChI is InChI=1S/C10H13BO3/c1-2-14-10-5-3-4-9(8-10)6-7-11(12)13/h3-8,12-13H,2H2,1H3/b7-6+. The van der Waals surface area contributed by atoms with E-state index in [0.717, 1.165) is 11.3 Å². The largest absolute Gasteiger partial charge is 0.494 e. The van der Waals surface area contributed by atoms with Crippen molar-refractivity contribution in [3.8, 4) is 5.75 Å². The minimum absolute atomic E-state index is 0.621. The van der Waals surface area contributed by atoms with Crippen molar-refractivity contribution in [2.24, 2.45) is 0 Å². The molecule has 0 heterocycles. The van der Waals surface area contributed by atoms with Crippen molar-refractivity contribution >= 4 is 13.2 Å². The van der Waals surface area contributed by atoms with Crippen LogP contribution in [0.2, 0.25) is 0 Å². The van der Waals surface area contributed by atoms with Crippen LogP contribution >= 0.6 is 0 Å². The number of benzene rings is 1. The molecule has 0 aliphatic rings. The van der Waals surface area contributed by atoms with Gasteiger partial charge in [0.1, 0.15) is 5.75 Å². The predicted octanol–water partition coefficient (Wildman–Crippen LogP) is 1.11. The molecule has 0 aromatic heterocycles. The molecule has 0 amide bonds. The fourth-order valence-corrected chi connectivity index (χ4v) is 1.07. The Balaban J connectivity index is 2.73. The molecule has 14 heavy (non-hydrogen) atoms. The third-order valence-electron chi connectivity index (χ3n) is 1.63. The highest BCUT2D eigenvalue weighted by molar-refractivity contribution is 6.48. The van der Waals surface area contributed by atoms with Crippen LogP contribution in [0.15, 0.2) is 30.2 Å². The summed E-state index contributed by atoms with van der Waals surface area (Å²) in [5.74, 6) is 2.08. The molecule has 0 aliphatic carbocycles. The quantitative estimate of drug-likeness (QED) is 0.702. The third kappa shape index (κ3) is 3.64. The summed E-state index contributed by atoms with van der Waals surface area (Å²) in [6.07, 6.45) is 1.63. The monoisotopic (exact) mass is 192 g/mol. The van der Waals surface area contributed by atoms with Crippen molar-refractivity contribution in [3.63, 3.8) is 0 Å². The molecule has 0 unspecified atom stereocenters. The second-order valence-corrected chi connectivity index (χ2v) is 2.78. The number of rotatable bonds is 4. The molecule has 0 fully saturated rings. The van der Waals surface area contributed by atoms with E-state index in [2.05, 4.69) is 0 Å². The Kier molecular flexibility index (Phi) is 4.23. The zero-order chi connectivity index (χ0) is 10.4. The van der Waals surface area contributed by atoms with Crippen LogP contribution in [0.4, 0.5) is 0 Å². The highest BCUT2D eigenvalue weighted by Gasteiger charge is 1.98. The van der Waals surface area contributed by atoms with Crippen LogP contribution < -0.4 is 4.74 Å². The van der Waals surface area contributed by atoms with Gasteiger partial charge in [-0.2, -0.15) is 0 Å². The van der Waals surface area contributed by atoms with Gasteiger partial charge in [-0.15, -0.1) is 0 Å². The fourth-order valence-electron chi connectivity index (χ4n) is 1.07. The second-order valence-electron chi connectivity index (χ2n) is 2.78. The van der Waals surface area contributed by atoms with Gasteiger partial charge < -0.3 is 14.8 Å². The van der Waals surface area contributed by atoms with Gasteiger partial charge in [0.05, 0.1) is 6.61 Å². The summed E-state index contributed by atoms with van der Waals surface area (Å²) in [5.41, 5.74) is 0.879. The average Bonchev–Trinajstić information content (AvgIpc) is 2.16. The lowest BCUT2D eigenvalue weighted by Crippen LogP contribution is -2.05. The van der Waals surface area contributed by atoms with Crippen LogP contribution in [0, 0.1) is 0 Å². The summed E-state index contributed by atoms with van der Waals surface area (Å²) in [6.45, 7) is 2.54. The smallest absolute Gasteiger partial charge is 0.480 e. The van der Waals surface area contributed by atoms with E-state index < -0.39 is 7.12 Å². The van der Waals surface area contributed by atoms with Crippen molar-refractivity contribution in [3.05, 3.63) is 35.8 Å². The Morgan fingerprint density at radius 2 is 2.21 bits per heavy atom. The summed E-state index contributed by atoms with van der Waals surface area (Å²) in [5, 5.41) is 17.2. The first-order valence-corrected chi connectivity index (χ1v) is 4.49. The number of ether oxygens (including phenoxy) is 1. The van der Waals surface area contributed by atoms with Gasteiger partial charge in [0, 0.05) is 0 Å². The first-order chi connectivity index (χ1) is 6.72. The van der Waals surface area contributed by atoms with Crippen molar-refractivity contribution in [2.75, 3.05) is 6.61 Å². The highest BCUT2D eigenvalue weighted by Crippen LogP contribution is 2.14. The molecule has 1 aromatic rings. The van der Waals surface area contributed by atoms with E-state index in [1.54, 1.807) is 6.08 Å². The van der Waals surface area contributed by atoms with Crippen molar-refractivity contribution in [1.82, 2.24) is 0 Å². The van der Waals surface area contributed by atoms with Crippen LogP contribution in [0.5, 0.6) is 5.75 Å². The van der Waals surface area contributed by atoms with Crippen LogP contribution in [-0.2, 0) is 0 Å². The Morgan fingerprint density at radius 1 is 1.43 bits per heavy atom. The number of hydrogen-bond acceptors (Lipinski definition) is 3. The molecule has 0 bridgehead atoms. The van der Waals surface area contributed by atoms with E-state index in [4.69, 9.17) is 14.8 Å². The van der Waals surface area contributed by atoms with Gasteiger partial charge in [0.25, 0.3) is 0 Å². The summed E-state index contributed by atoms with van der Waals surface area (Å²) in [6, 6.07) is 7.41. The minimum Gasteiger partial charge on any atom is -0.494 e. The van der Waals surface area contributed by atoms with Crippen molar-refractivity contribution < 1.29 is 14.8 Å². The summed E-state index contributed by atoms with van der Waals surface area (Å²) in [4.78, 5) is 0. The summed E-state index contributed by atoms with van der Waals surface area (Å²) in [7, 11) is -1.41. The minimum atomic E-state index is -1.41. The average molecular weight is 192 g/mol. The molecule has 0 atom stereocenters. The first-order valence-electron chi connectivity index (χ1n) is 4.49. The number of hydrogen-bond donors (Lipinski definition) is 2. The van der Waals surface area contributed by atoms with Gasteiger partial charge >= 0.3 is 7.12 Å². The molecular formula is C10H13BO3. The van der Waals surface area contributed by atoms with Crippen LogP contribution in [-0.4, -0.2) is 23.8 Å². The predicted molar refractivity (Wildman–Crippen MR) is 56.8 cm³/mol. The van der Waals surface area contributed by atoms with E-state index in [1.807, 2.05) is 31.2 Å². The normalized spacial score (nSPS) is 10.5. The maximum absolute atomic E-state index is 8.62. The van der Waals surface area contributed by atoms with E-state index in [-0.39, 0.29) is 0 Å². The first kappa shape index (κ1) is 10.8. The van der Waals surface area contributed by atoms with E-state index >= 15 is 0 Å². The Bertz CT molecular complexity index is 310. The zero-order valence-electron chi connectivity index (χ0n) is 8.05. The molecule has 4 heteroatoms. The van der Waals surface area contributed by atoms with Gasteiger partial charge in [-0.1, -0.05) is 24.2 Å². The third-order valence-corrected chi connectivity index (χ3v) is 1.63. The summed E-state index contributed by atoms with van der Waals surface area (Å²) >= 11 is 0. The fraction of sp³-hybridized carbons (Fsp3) is 0.200. The van der Waals surface area contributed by atoms with Crippen molar-refractivity contribution in [2.45, 2.75) is 6.92 Å². The molecule has 0 aliphatic heterocycles. The van der Waals surface area contributed by atoms with E-state index in [9.17, 15) is 0 Å². The molecule has 1 aromatic carbocycles. The van der Waals surface area contributed by atoms with Crippen molar-refractivity contribution in [1.29, 1.82) is 0 Å². The van der Waals surface area contributed by atoms with Gasteiger partial charge in [-0.25, -0.2) is 0 Å². The second kappa shape index (κ2) is 5.47. The molecule has 1 rings (SSSR count). The maximum atomic E-state index is 8.62. The molecule has 0 saturated carbocycles. The molecule has 2 N–H and O–H groups in total. The Morgan fingerprint density at radius 3 is 2.86 bits per heavy atom. The van der Waals surface area contributed by atoms with Gasteiger partial charge in [-0.3, -0.25) is 0 Å².